The molecule has 2 aliphatic rings. The van der Waals surface area contributed by atoms with Crippen LogP contribution in [0.15, 0.2) is 0 Å². The first-order valence-corrected chi connectivity index (χ1v) is 7.30. The number of aliphatic hydroxyl groups is 1. The molecule has 3 atom stereocenters. The summed E-state index contributed by atoms with van der Waals surface area (Å²) < 4.78 is 0. The van der Waals surface area contributed by atoms with Gasteiger partial charge < -0.3 is 15.3 Å². The normalized spacial score (nSPS) is 30.8. The summed E-state index contributed by atoms with van der Waals surface area (Å²) in [6.07, 6.45) is 4.42. The van der Waals surface area contributed by atoms with Gasteiger partial charge in [-0.2, -0.15) is 0 Å². The van der Waals surface area contributed by atoms with Gasteiger partial charge in [0, 0.05) is 19.2 Å². The van der Waals surface area contributed by atoms with Crippen LogP contribution in [0.4, 0.5) is 0 Å². The van der Waals surface area contributed by atoms with Crippen LogP contribution in [0.5, 0.6) is 0 Å². The number of nitrogens with zero attached hydrogens (tertiary/aromatic N) is 1. The van der Waals surface area contributed by atoms with Crippen molar-refractivity contribution in [2.24, 2.45) is 11.8 Å². The van der Waals surface area contributed by atoms with Crippen molar-refractivity contribution in [1.82, 2.24) is 10.2 Å². The number of rotatable bonds is 5. The molecule has 18 heavy (non-hydrogen) atoms. The van der Waals surface area contributed by atoms with Crippen LogP contribution >= 0.6 is 0 Å². The molecule has 1 saturated carbocycles. The van der Waals surface area contributed by atoms with E-state index in [9.17, 15) is 4.79 Å². The zero-order valence-corrected chi connectivity index (χ0v) is 11.6. The molecular formula is C14H26N2O2. The number of hydrogen-bond donors (Lipinski definition) is 2. The van der Waals surface area contributed by atoms with Crippen molar-refractivity contribution in [2.45, 2.75) is 51.6 Å². The third-order valence-electron chi connectivity index (χ3n) is 4.48. The first kappa shape index (κ1) is 13.8. The van der Waals surface area contributed by atoms with Crippen LogP contribution in [0, 0.1) is 11.8 Å². The zero-order valence-electron chi connectivity index (χ0n) is 11.6. The smallest absolute Gasteiger partial charge is 0.240 e. The maximum atomic E-state index is 12.6. The van der Waals surface area contributed by atoms with E-state index in [0.29, 0.717) is 24.8 Å². The fourth-order valence-electron chi connectivity index (χ4n) is 3.50. The average Bonchev–Trinajstić information content (AvgIpc) is 2.90. The van der Waals surface area contributed by atoms with Gasteiger partial charge in [0.1, 0.15) is 0 Å². The Balaban J connectivity index is 1.99. The fraction of sp³-hybridized carbons (Fsp3) is 0.929. The minimum absolute atomic E-state index is 0.0265. The van der Waals surface area contributed by atoms with E-state index >= 15 is 0 Å². The largest absolute Gasteiger partial charge is 0.396 e. The minimum atomic E-state index is 0.0265. The van der Waals surface area contributed by atoms with Gasteiger partial charge in [-0.05, 0) is 51.5 Å². The molecule has 1 heterocycles. The summed E-state index contributed by atoms with van der Waals surface area (Å²) in [6.45, 7) is 5.93. The highest BCUT2D eigenvalue weighted by Gasteiger charge is 2.43. The van der Waals surface area contributed by atoms with E-state index in [4.69, 9.17) is 5.11 Å². The first-order valence-electron chi connectivity index (χ1n) is 7.30. The molecular weight excluding hydrogens is 228 g/mol. The van der Waals surface area contributed by atoms with Crippen LogP contribution < -0.4 is 5.32 Å². The minimum Gasteiger partial charge on any atom is -0.396 e. The SMILES string of the molecule is CC(C)N(CCCO)C(=O)C1NCC2CCCC21. The molecule has 0 spiro atoms. The van der Waals surface area contributed by atoms with Crippen molar-refractivity contribution in [3.05, 3.63) is 0 Å². The lowest BCUT2D eigenvalue weighted by atomic mass is 9.93. The molecule has 104 valence electrons. The first-order chi connectivity index (χ1) is 8.65. The average molecular weight is 254 g/mol. The highest BCUT2D eigenvalue weighted by molar-refractivity contribution is 5.83. The third kappa shape index (κ3) is 2.69. The quantitative estimate of drug-likeness (QED) is 0.769. The second kappa shape index (κ2) is 6.02. The maximum absolute atomic E-state index is 12.6. The summed E-state index contributed by atoms with van der Waals surface area (Å²) >= 11 is 0. The molecule has 1 aliphatic heterocycles. The van der Waals surface area contributed by atoms with E-state index in [-0.39, 0.29) is 24.6 Å². The van der Waals surface area contributed by atoms with Gasteiger partial charge >= 0.3 is 0 Å². The van der Waals surface area contributed by atoms with E-state index < -0.39 is 0 Å². The van der Waals surface area contributed by atoms with Gasteiger partial charge in [-0.1, -0.05) is 6.42 Å². The van der Waals surface area contributed by atoms with Crippen LogP contribution in [0.1, 0.15) is 39.5 Å². The van der Waals surface area contributed by atoms with Crippen LogP contribution in [-0.4, -0.2) is 47.7 Å². The highest BCUT2D eigenvalue weighted by Crippen LogP contribution is 2.38. The van der Waals surface area contributed by atoms with Crippen molar-refractivity contribution in [1.29, 1.82) is 0 Å². The van der Waals surface area contributed by atoms with Crippen molar-refractivity contribution in [3.8, 4) is 0 Å². The summed E-state index contributed by atoms with van der Waals surface area (Å²) in [5, 5.41) is 12.4. The monoisotopic (exact) mass is 254 g/mol. The van der Waals surface area contributed by atoms with Gasteiger partial charge in [-0.25, -0.2) is 0 Å². The molecule has 0 aromatic heterocycles. The molecule has 2 fully saturated rings. The standard InChI is InChI=1S/C14H26N2O2/c1-10(2)16(7-4-8-17)14(18)13-12-6-3-5-11(12)9-15-13/h10-13,15,17H,3-9H2,1-2H3. The topological polar surface area (TPSA) is 52.6 Å². The second-order valence-corrected chi connectivity index (χ2v) is 5.94. The Morgan fingerprint density at radius 2 is 2.22 bits per heavy atom. The van der Waals surface area contributed by atoms with Gasteiger partial charge in [-0.15, -0.1) is 0 Å². The Morgan fingerprint density at radius 1 is 1.44 bits per heavy atom. The van der Waals surface area contributed by atoms with Crippen molar-refractivity contribution in [2.75, 3.05) is 19.7 Å². The fourth-order valence-corrected chi connectivity index (χ4v) is 3.50. The molecule has 2 rings (SSSR count). The Morgan fingerprint density at radius 3 is 2.89 bits per heavy atom. The van der Waals surface area contributed by atoms with E-state index in [1.807, 2.05) is 4.90 Å². The summed E-state index contributed by atoms with van der Waals surface area (Å²) in [5.41, 5.74) is 0. The van der Waals surface area contributed by atoms with Crippen molar-refractivity contribution in [3.63, 3.8) is 0 Å². The molecule has 1 aliphatic carbocycles. The van der Waals surface area contributed by atoms with Gasteiger partial charge in [0.25, 0.3) is 0 Å². The predicted octanol–water partition coefficient (Wildman–Crippen LogP) is 0.994. The van der Waals surface area contributed by atoms with Crippen LogP contribution in [-0.2, 0) is 4.79 Å². The second-order valence-electron chi connectivity index (χ2n) is 5.94. The third-order valence-corrected chi connectivity index (χ3v) is 4.48. The molecule has 0 radical (unpaired) electrons. The molecule has 4 heteroatoms. The predicted molar refractivity (Wildman–Crippen MR) is 71.2 cm³/mol. The number of amides is 1. The van der Waals surface area contributed by atoms with Crippen LogP contribution in [0.25, 0.3) is 0 Å². The highest BCUT2D eigenvalue weighted by atomic mass is 16.3. The molecule has 4 nitrogen and oxygen atoms in total. The summed E-state index contributed by atoms with van der Waals surface area (Å²) in [6, 6.07) is 0.241. The molecule has 0 aromatic carbocycles. The van der Waals surface area contributed by atoms with E-state index in [1.165, 1.54) is 19.3 Å². The summed E-state index contributed by atoms with van der Waals surface area (Å²) in [7, 11) is 0. The van der Waals surface area contributed by atoms with Gasteiger partial charge in [0.05, 0.1) is 6.04 Å². The number of nitrogens with one attached hydrogen (secondary N) is 1. The Kier molecular flexibility index (Phi) is 4.62. The summed E-state index contributed by atoms with van der Waals surface area (Å²) in [5.74, 6) is 1.51. The van der Waals surface area contributed by atoms with Gasteiger partial charge in [-0.3, -0.25) is 4.79 Å². The zero-order chi connectivity index (χ0) is 13.1. The number of aliphatic hydroxyl groups excluding tert-OH is 1. The van der Waals surface area contributed by atoms with Gasteiger partial charge in [0.15, 0.2) is 0 Å². The Labute approximate surface area is 110 Å². The van der Waals surface area contributed by atoms with Crippen LogP contribution in [0.2, 0.25) is 0 Å². The van der Waals surface area contributed by atoms with Crippen molar-refractivity contribution < 1.29 is 9.90 Å². The van der Waals surface area contributed by atoms with Gasteiger partial charge in [0.2, 0.25) is 5.91 Å². The molecule has 1 amide bonds. The Hall–Kier alpha value is -0.610. The maximum Gasteiger partial charge on any atom is 0.240 e. The Bertz CT molecular complexity index is 294. The molecule has 0 bridgehead atoms. The summed E-state index contributed by atoms with van der Waals surface area (Å²) in [4.78, 5) is 14.5. The number of carbonyl (C=O) groups is 1. The number of fused-ring (bicyclic) bond motifs is 1. The van der Waals surface area contributed by atoms with E-state index in [1.54, 1.807) is 0 Å². The number of carbonyl (C=O) groups excluding carboxylic acids is 1. The lowest BCUT2D eigenvalue weighted by Gasteiger charge is -2.31. The van der Waals surface area contributed by atoms with Crippen LogP contribution in [0.3, 0.4) is 0 Å². The van der Waals surface area contributed by atoms with E-state index in [2.05, 4.69) is 19.2 Å². The molecule has 0 aromatic rings. The molecule has 1 saturated heterocycles. The van der Waals surface area contributed by atoms with E-state index in [0.717, 1.165) is 6.54 Å². The van der Waals surface area contributed by atoms with Crippen molar-refractivity contribution >= 4 is 5.91 Å². The molecule has 2 N–H and O–H groups in total. The lowest BCUT2D eigenvalue weighted by molar-refractivity contribution is -0.136. The lowest BCUT2D eigenvalue weighted by Crippen LogP contribution is -2.49. The number of hydrogen-bond acceptors (Lipinski definition) is 3. The molecule has 3 unspecified atom stereocenters.